The van der Waals surface area contributed by atoms with Gasteiger partial charge in [0, 0.05) is 12.3 Å². The molecule has 0 saturated heterocycles. The molecule has 2 rings (SSSR count). The highest BCUT2D eigenvalue weighted by Crippen LogP contribution is 2.25. The van der Waals surface area contributed by atoms with E-state index in [0.717, 1.165) is 25.0 Å². The first kappa shape index (κ1) is 11.7. The molecule has 0 spiro atoms. The fourth-order valence-electron chi connectivity index (χ4n) is 2.32. The van der Waals surface area contributed by atoms with E-state index in [1.54, 1.807) is 6.26 Å². The Morgan fingerprint density at radius 1 is 1.50 bits per heavy atom. The van der Waals surface area contributed by atoms with E-state index >= 15 is 0 Å². The summed E-state index contributed by atoms with van der Waals surface area (Å²) < 4.78 is 28.3. The Hall–Kier alpha value is -0.810. The van der Waals surface area contributed by atoms with Crippen LogP contribution in [0.3, 0.4) is 0 Å². The summed E-state index contributed by atoms with van der Waals surface area (Å²) in [5, 5.41) is 3.03. The predicted octanol–water partition coefficient (Wildman–Crippen LogP) is 1.33. The molecule has 0 radical (unpaired) electrons. The Bertz CT molecular complexity index is 424. The fraction of sp³-hybridized carbons (Fsp3) is 0.636. The maximum atomic E-state index is 11.5. The Morgan fingerprint density at radius 2 is 2.31 bits per heavy atom. The summed E-state index contributed by atoms with van der Waals surface area (Å²) in [5.74, 6) is 0.846. The summed E-state index contributed by atoms with van der Waals surface area (Å²) >= 11 is 0. The number of rotatable bonds is 4. The molecule has 5 heteroatoms. The molecule has 1 N–H and O–H groups in total. The van der Waals surface area contributed by atoms with Crippen molar-refractivity contribution >= 4 is 9.84 Å². The second-order valence-electron chi connectivity index (χ2n) is 4.37. The van der Waals surface area contributed by atoms with Crippen LogP contribution in [0.4, 0.5) is 0 Å². The third kappa shape index (κ3) is 2.65. The van der Waals surface area contributed by atoms with Gasteiger partial charge in [0.25, 0.3) is 0 Å². The highest BCUT2D eigenvalue weighted by Gasteiger charge is 2.34. The standard InChI is InChI=1S/C11H17NO3S/c1-16(13,14)11-6-2-5-10(11)12-8-9-4-3-7-15-9/h3-4,7,10-12H,2,5-6,8H2,1H3. The van der Waals surface area contributed by atoms with Gasteiger partial charge in [0.2, 0.25) is 0 Å². The molecule has 1 aromatic heterocycles. The molecular weight excluding hydrogens is 226 g/mol. The molecule has 0 amide bonds. The van der Waals surface area contributed by atoms with Gasteiger partial charge in [-0.1, -0.05) is 6.42 Å². The van der Waals surface area contributed by atoms with Crippen molar-refractivity contribution in [3.05, 3.63) is 24.2 Å². The molecule has 1 aromatic rings. The number of furan rings is 1. The van der Waals surface area contributed by atoms with E-state index in [1.807, 2.05) is 12.1 Å². The minimum Gasteiger partial charge on any atom is -0.468 e. The second-order valence-corrected chi connectivity index (χ2v) is 6.63. The highest BCUT2D eigenvalue weighted by molar-refractivity contribution is 7.91. The normalized spacial score (nSPS) is 26.1. The maximum Gasteiger partial charge on any atom is 0.151 e. The smallest absolute Gasteiger partial charge is 0.151 e. The molecule has 4 nitrogen and oxygen atoms in total. The first-order valence-electron chi connectivity index (χ1n) is 5.52. The molecule has 16 heavy (non-hydrogen) atoms. The van der Waals surface area contributed by atoms with Gasteiger partial charge >= 0.3 is 0 Å². The van der Waals surface area contributed by atoms with Crippen molar-refractivity contribution in [3.8, 4) is 0 Å². The van der Waals surface area contributed by atoms with Crippen molar-refractivity contribution in [2.45, 2.75) is 37.1 Å². The molecule has 1 fully saturated rings. The van der Waals surface area contributed by atoms with E-state index in [4.69, 9.17) is 4.42 Å². The highest BCUT2D eigenvalue weighted by atomic mass is 32.2. The van der Waals surface area contributed by atoms with Crippen LogP contribution in [0.5, 0.6) is 0 Å². The number of nitrogens with one attached hydrogen (secondary N) is 1. The molecule has 0 bridgehead atoms. The molecule has 0 aliphatic heterocycles. The predicted molar refractivity (Wildman–Crippen MR) is 61.8 cm³/mol. The summed E-state index contributed by atoms with van der Waals surface area (Å²) in [5.41, 5.74) is 0. The summed E-state index contributed by atoms with van der Waals surface area (Å²) in [6.07, 6.45) is 5.63. The van der Waals surface area contributed by atoms with Crippen molar-refractivity contribution in [1.82, 2.24) is 5.32 Å². The SMILES string of the molecule is CS(=O)(=O)C1CCCC1NCc1ccco1. The lowest BCUT2D eigenvalue weighted by atomic mass is 10.2. The third-order valence-corrected chi connectivity index (χ3v) is 4.79. The zero-order chi connectivity index (χ0) is 11.6. The first-order valence-corrected chi connectivity index (χ1v) is 7.47. The van der Waals surface area contributed by atoms with E-state index in [2.05, 4.69) is 5.32 Å². The Morgan fingerprint density at radius 3 is 2.94 bits per heavy atom. The summed E-state index contributed by atoms with van der Waals surface area (Å²) in [4.78, 5) is 0. The molecule has 2 atom stereocenters. The van der Waals surface area contributed by atoms with E-state index in [0.29, 0.717) is 6.54 Å². The first-order chi connectivity index (χ1) is 7.57. The van der Waals surface area contributed by atoms with Crippen LogP contribution in [-0.2, 0) is 16.4 Å². The van der Waals surface area contributed by atoms with Gasteiger partial charge in [0.1, 0.15) is 5.76 Å². The Balaban J connectivity index is 1.94. The summed E-state index contributed by atoms with van der Waals surface area (Å²) in [6.45, 7) is 0.601. The van der Waals surface area contributed by atoms with Gasteiger partial charge in [0.05, 0.1) is 18.1 Å². The van der Waals surface area contributed by atoms with Crippen LogP contribution in [0.1, 0.15) is 25.0 Å². The minimum atomic E-state index is -2.94. The van der Waals surface area contributed by atoms with Crippen LogP contribution in [0, 0.1) is 0 Å². The number of hydrogen-bond acceptors (Lipinski definition) is 4. The molecule has 1 aliphatic carbocycles. The molecular formula is C11H17NO3S. The van der Waals surface area contributed by atoms with Crippen molar-refractivity contribution in [2.24, 2.45) is 0 Å². The molecule has 1 aliphatic rings. The van der Waals surface area contributed by atoms with Crippen molar-refractivity contribution < 1.29 is 12.8 Å². The molecule has 0 aromatic carbocycles. The summed E-state index contributed by atoms with van der Waals surface area (Å²) in [7, 11) is -2.94. The molecule has 90 valence electrons. The third-order valence-electron chi connectivity index (χ3n) is 3.12. The zero-order valence-corrected chi connectivity index (χ0v) is 10.2. The molecule has 2 unspecified atom stereocenters. The average Bonchev–Trinajstić information content (AvgIpc) is 2.85. The molecule has 1 saturated carbocycles. The minimum absolute atomic E-state index is 0.0695. The lowest BCUT2D eigenvalue weighted by Crippen LogP contribution is -2.39. The van der Waals surface area contributed by atoms with Gasteiger partial charge in [0.15, 0.2) is 9.84 Å². The van der Waals surface area contributed by atoms with Gasteiger partial charge in [-0.3, -0.25) is 0 Å². The van der Waals surface area contributed by atoms with E-state index in [-0.39, 0.29) is 11.3 Å². The van der Waals surface area contributed by atoms with E-state index in [9.17, 15) is 8.42 Å². The topological polar surface area (TPSA) is 59.3 Å². The van der Waals surface area contributed by atoms with Crippen LogP contribution < -0.4 is 5.32 Å². The van der Waals surface area contributed by atoms with Gasteiger partial charge in [-0.05, 0) is 25.0 Å². The van der Waals surface area contributed by atoms with Gasteiger partial charge in [-0.25, -0.2) is 8.42 Å². The number of sulfone groups is 1. The lowest BCUT2D eigenvalue weighted by molar-refractivity contribution is 0.443. The van der Waals surface area contributed by atoms with Gasteiger partial charge in [-0.15, -0.1) is 0 Å². The fourth-order valence-corrected chi connectivity index (χ4v) is 3.74. The Kier molecular flexibility index (Phi) is 3.35. The van der Waals surface area contributed by atoms with Crippen molar-refractivity contribution in [3.63, 3.8) is 0 Å². The van der Waals surface area contributed by atoms with Crippen LogP contribution in [-0.4, -0.2) is 26.0 Å². The largest absolute Gasteiger partial charge is 0.468 e. The number of hydrogen-bond donors (Lipinski definition) is 1. The van der Waals surface area contributed by atoms with Crippen molar-refractivity contribution in [2.75, 3.05) is 6.26 Å². The van der Waals surface area contributed by atoms with Gasteiger partial charge < -0.3 is 9.73 Å². The van der Waals surface area contributed by atoms with Crippen LogP contribution >= 0.6 is 0 Å². The van der Waals surface area contributed by atoms with Crippen LogP contribution in [0.25, 0.3) is 0 Å². The van der Waals surface area contributed by atoms with E-state index < -0.39 is 9.84 Å². The van der Waals surface area contributed by atoms with Crippen LogP contribution in [0.2, 0.25) is 0 Å². The van der Waals surface area contributed by atoms with Gasteiger partial charge in [-0.2, -0.15) is 0 Å². The van der Waals surface area contributed by atoms with Crippen LogP contribution in [0.15, 0.2) is 22.8 Å². The molecule has 1 heterocycles. The Labute approximate surface area is 95.9 Å². The maximum absolute atomic E-state index is 11.5. The van der Waals surface area contributed by atoms with Crippen molar-refractivity contribution in [1.29, 1.82) is 0 Å². The average molecular weight is 243 g/mol. The zero-order valence-electron chi connectivity index (χ0n) is 9.35. The lowest BCUT2D eigenvalue weighted by Gasteiger charge is -2.18. The quantitative estimate of drug-likeness (QED) is 0.867. The second kappa shape index (κ2) is 4.59. The summed E-state index contributed by atoms with van der Waals surface area (Å²) in [6, 6.07) is 3.79. The van der Waals surface area contributed by atoms with E-state index in [1.165, 1.54) is 6.26 Å². The monoisotopic (exact) mass is 243 g/mol.